The average Bonchev–Trinajstić information content (AvgIpc) is 0.758. The Balaban J connectivity index is 1.24. The van der Waals surface area contributed by atoms with Gasteiger partial charge in [0.25, 0.3) is 0 Å². The van der Waals surface area contributed by atoms with Crippen molar-refractivity contribution in [2.75, 3.05) is 19.9 Å². The predicted octanol–water partition coefficient (Wildman–Crippen LogP) is 2.73. The monoisotopic (exact) mass is 1550 g/mol. The van der Waals surface area contributed by atoms with Gasteiger partial charge in [-0.25, -0.2) is 0 Å². The fraction of sp³-hybridized carbons (Fsp3) is 0.465. The molecule has 107 heavy (non-hydrogen) atoms. The molecule has 33 nitrogen and oxygen atoms in total. The van der Waals surface area contributed by atoms with Gasteiger partial charge in [-0.05, 0) is 122 Å². The van der Waals surface area contributed by atoms with E-state index in [9.17, 15) is 74.7 Å². The summed E-state index contributed by atoms with van der Waals surface area (Å²) in [5.74, 6) is -19.8. The Morgan fingerprint density at radius 3 is 1.97 bits per heavy atom. The van der Waals surface area contributed by atoms with Crippen molar-refractivity contribution in [3.05, 3.63) is 116 Å². The number of phenolic OH excluding ortho intramolecular Hbond substituents is 3. The van der Waals surface area contributed by atoms with Crippen LogP contribution in [0.2, 0.25) is 10.0 Å². The van der Waals surface area contributed by atoms with Crippen molar-refractivity contribution in [3.63, 3.8) is 0 Å². The molecule has 18 unspecified atom stereocenters. The number of aromatic hydroxyl groups is 3. The van der Waals surface area contributed by atoms with Crippen LogP contribution in [0.1, 0.15) is 132 Å². The molecule has 2 saturated heterocycles. The van der Waals surface area contributed by atoms with Crippen LogP contribution in [-0.2, 0) is 63.7 Å². The fourth-order valence-electron chi connectivity index (χ4n) is 13.5. The molecule has 11 bridgehead atoms. The van der Waals surface area contributed by atoms with Crippen LogP contribution in [0.25, 0.3) is 11.1 Å². The fourth-order valence-corrected chi connectivity index (χ4v) is 14.3. The molecule has 5 amide bonds. The SMILES string of the molecule is [3H]C1(C)CC(OC2C(Oc3c4cc5cc3Oc3ccc(cc3Cl)C(O)C3NC(=O)C(CC(=O)C5NC(=O)C(CC(N)=O)CC(=O)C(NC(=O)C(CC(C)C)NC)C(O)c5ccc(c(Cl)c5)O4)c4ccc(O)c(c4)-c4c(cc(O)c(CNCP(=O)(O)O)c4O)C(C(C)=O)NC3=O)OC(CO)C(O)C2O)OC(C)C1O. The molecule has 19 N–H and O–H groups in total. The van der Waals surface area contributed by atoms with Gasteiger partial charge in [0.05, 0.1) is 58.6 Å². The van der Waals surface area contributed by atoms with E-state index in [1.165, 1.54) is 39.1 Å². The highest BCUT2D eigenvalue weighted by molar-refractivity contribution is 7.51. The molecule has 12 rings (SSSR count). The third-order valence-electron chi connectivity index (χ3n) is 19.1. The lowest BCUT2D eigenvalue weighted by molar-refractivity contribution is -0.332. The summed E-state index contributed by atoms with van der Waals surface area (Å²) >= 11 is 14.2. The predicted molar refractivity (Wildman–Crippen MR) is 375 cm³/mol. The number of primary amides is 1. The molecule has 0 aromatic heterocycles. The molecule has 18 atom stereocenters. The van der Waals surface area contributed by atoms with E-state index in [2.05, 4.69) is 31.9 Å². The van der Waals surface area contributed by atoms with Crippen LogP contribution < -0.4 is 51.8 Å². The lowest BCUT2D eigenvalue weighted by atomic mass is 9.84. The van der Waals surface area contributed by atoms with Crippen LogP contribution in [0.4, 0.5) is 0 Å². The number of ketones is 3. The van der Waals surface area contributed by atoms with E-state index in [0.29, 0.717) is 0 Å². The number of benzene rings is 5. The Hall–Kier alpha value is -8.45. The van der Waals surface area contributed by atoms with E-state index in [1.807, 2.05) is 13.8 Å². The summed E-state index contributed by atoms with van der Waals surface area (Å²) in [6.45, 7) is 5.81. The first-order valence-corrected chi connectivity index (χ1v) is 36.5. The van der Waals surface area contributed by atoms with Gasteiger partial charge in [-0.3, -0.25) is 42.9 Å². The largest absolute Gasteiger partial charge is 0.507 e. The van der Waals surface area contributed by atoms with Gasteiger partial charge in [0, 0.05) is 44.7 Å². The Bertz CT molecular complexity index is 4380. The van der Waals surface area contributed by atoms with E-state index in [1.54, 1.807) is 0 Å². The van der Waals surface area contributed by atoms with Crippen LogP contribution in [0.15, 0.2) is 72.8 Å². The number of ether oxygens (including phenoxy) is 6. The van der Waals surface area contributed by atoms with E-state index in [4.69, 9.17) is 58.7 Å². The number of halogens is 2. The summed E-state index contributed by atoms with van der Waals surface area (Å²) in [7, 11) is -3.31. The van der Waals surface area contributed by atoms with Crippen molar-refractivity contribution in [1.82, 2.24) is 31.9 Å². The number of Topliss-reactive ketones (excluding diaryl/α,β-unsaturated/α-hetero) is 3. The van der Waals surface area contributed by atoms with Crippen LogP contribution in [0.3, 0.4) is 0 Å². The number of aliphatic hydroxyl groups excluding tert-OH is 6. The van der Waals surface area contributed by atoms with Gasteiger partial charge in [-0.1, -0.05) is 62.2 Å². The molecule has 0 aliphatic carbocycles. The summed E-state index contributed by atoms with van der Waals surface area (Å²) in [6.07, 6.45) is -22.0. The molecule has 36 heteroatoms. The average molecular weight is 1560 g/mol. The Morgan fingerprint density at radius 1 is 0.757 bits per heavy atom. The lowest BCUT2D eigenvalue weighted by Crippen LogP contribution is -2.62. The standard InChI is InChI=1S/C71H84Cl2N7O26P/c1-27(2)13-42(75-6)69(96)79-57-45(85)18-35(21-52(74)87)67(94)78-56-34-19-49(102-47-11-8-32(60(57)89)16-40(47)72)65(106-71-66(64(93)63(92)51(25-81)104-71)105-53-14-28(3)59(88)30(5)101-53)50(20-34)103-48-12-9-33(17-41(48)73)61(90)58-70(97)77-55(29(4)82)38-23-44(84)39(24-76-26-107(98,99)100)62(91)54(38)37-15-31(7-10-43(37)83)36(22-46(56)86)68(95)80-58/h7-12,15-17,19-20,23,27-28,30,35-36,42,51,53,55-61,63-64,66,71,75-76,81,83-84,88-93H,13-14,18,21-22,24-26H2,1-6H3,(H2,74,87)(H,77,97)(H,78,94)(H,79,96)(H,80,95)(H2,98,99,100)/i28T. The molecule has 7 heterocycles. The van der Waals surface area contributed by atoms with Crippen LogP contribution >= 0.6 is 30.8 Å². The molecular formula is C71H84Cl2N7O26P. The third-order valence-corrected chi connectivity index (χ3v) is 20.4. The van der Waals surface area contributed by atoms with Gasteiger partial charge < -0.3 is 122 Å². The van der Waals surface area contributed by atoms with E-state index >= 15 is 24.0 Å². The number of amides is 5. The summed E-state index contributed by atoms with van der Waals surface area (Å²) < 4.78 is 59.3. The Kier molecular flexibility index (Phi) is 25.0. The Morgan fingerprint density at radius 2 is 1.39 bits per heavy atom. The van der Waals surface area contributed by atoms with Gasteiger partial charge >= 0.3 is 7.60 Å². The second-order valence-corrected chi connectivity index (χ2v) is 29.9. The van der Waals surface area contributed by atoms with Crippen molar-refractivity contribution >= 4 is 77.7 Å². The number of fused-ring (bicyclic) bond motifs is 15. The lowest BCUT2D eigenvalue weighted by Gasteiger charge is -2.44. The number of likely N-dealkylation sites (N-methyl/N-ethyl adjacent to an activating group) is 1. The zero-order valence-electron chi connectivity index (χ0n) is 59.3. The summed E-state index contributed by atoms with van der Waals surface area (Å²) in [5.41, 5.74) is 2.82. The van der Waals surface area contributed by atoms with Gasteiger partial charge in [-0.2, -0.15) is 0 Å². The van der Waals surface area contributed by atoms with Crippen molar-refractivity contribution in [2.45, 2.75) is 171 Å². The molecule has 7 aliphatic rings. The maximum Gasteiger partial charge on any atom is 0.339 e. The number of aliphatic hydroxyl groups is 6. The summed E-state index contributed by atoms with van der Waals surface area (Å²) in [4.78, 5) is 138. The number of rotatable bonds is 17. The number of nitrogens with two attached hydrogens (primary N) is 1. The maximum absolute atomic E-state index is 16.3. The van der Waals surface area contributed by atoms with Crippen molar-refractivity contribution < 1.29 is 128 Å². The number of phenols is 3. The highest BCUT2D eigenvalue weighted by Crippen LogP contribution is 2.51. The minimum Gasteiger partial charge on any atom is -0.507 e. The van der Waals surface area contributed by atoms with Gasteiger partial charge in [0.1, 0.15) is 83.4 Å². The van der Waals surface area contributed by atoms with E-state index in [0.717, 1.165) is 61.5 Å². The van der Waals surface area contributed by atoms with Crippen LogP contribution in [-0.4, -0.2) is 190 Å². The van der Waals surface area contributed by atoms with Gasteiger partial charge in [0.2, 0.25) is 41.6 Å². The molecule has 0 spiro atoms. The Labute approximate surface area is 622 Å². The first kappa shape index (κ1) is 79.6. The number of hydrogen-bond acceptors (Lipinski definition) is 26. The first-order valence-electron chi connectivity index (χ1n) is 34.4. The highest BCUT2D eigenvalue weighted by atomic mass is 35.5. The zero-order valence-corrected chi connectivity index (χ0v) is 60.7. The van der Waals surface area contributed by atoms with Gasteiger partial charge in [0.15, 0.2) is 41.2 Å². The number of carbonyl (C=O) groups excluding carboxylic acids is 8. The maximum atomic E-state index is 16.3. The summed E-state index contributed by atoms with van der Waals surface area (Å²) in [5, 5.41) is 120. The van der Waals surface area contributed by atoms with Crippen molar-refractivity contribution in [1.29, 1.82) is 0 Å². The molecule has 0 radical (unpaired) electrons. The first-order chi connectivity index (χ1) is 50.8. The molecule has 0 saturated carbocycles. The second-order valence-electron chi connectivity index (χ2n) is 27.4. The smallest absolute Gasteiger partial charge is 0.339 e. The van der Waals surface area contributed by atoms with Crippen LogP contribution in [0.5, 0.6) is 46.0 Å². The van der Waals surface area contributed by atoms with Gasteiger partial charge in [-0.15, -0.1) is 0 Å². The molecule has 5 aromatic rings. The number of hydrogen-bond donors (Lipinski definition) is 18. The molecule has 7 aliphatic heterocycles. The minimum atomic E-state index is -4.80. The second kappa shape index (κ2) is 33.6. The quantitative estimate of drug-likeness (QED) is 0.0595. The topological polar surface area (TPSA) is 530 Å². The molecular weight excluding hydrogens is 1470 g/mol. The third kappa shape index (κ3) is 18.1. The summed E-state index contributed by atoms with van der Waals surface area (Å²) in [6, 6.07) is 3.89. The van der Waals surface area contributed by atoms with Crippen molar-refractivity contribution in [3.8, 4) is 57.1 Å². The molecule has 5 aromatic carbocycles. The molecule has 578 valence electrons. The van der Waals surface area contributed by atoms with Crippen LogP contribution in [0, 0.1) is 17.7 Å². The van der Waals surface area contributed by atoms with E-state index < -0.39 is 270 Å². The number of nitrogens with one attached hydrogen (secondary N) is 6. The highest BCUT2D eigenvalue weighted by Gasteiger charge is 2.50. The van der Waals surface area contributed by atoms with E-state index in [-0.39, 0.29) is 52.0 Å². The number of carbonyl (C=O) groups is 8. The minimum absolute atomic E-state index is 0.0947. The van der Waals surface area contributed by atoms with Crippen molar-refractivity contribution in [2.24, 2.45) is 23.5 Å². The zero-order chi connectivity index (χ0) is 79.0. The molecule has 2 fully saturated rings. The normalized spacial score (nSPS) is 28.9.